The molecule has 0 radical (unpaired) electrons. The van der Waals surface area contributed by atoms with Crippen molar-refractivity contribution < 1.29 is 4.79 Å². The number of carbonyl (C=O) groups excluding carboxylic acids is 1. The van der Waals surface area contributed by atoms with Crippen molar-refractivity contribution in [1.82, 2.24) is 5.32 Å². The van der Waals surface area contributed by atoms with Gasteiger partial charge in [0.25, 0.3) is 0 Å². The second kappa shape index (κ2) is 7.35. The number of thioether (sulfide) groups is 1. The van der Waals surface area contributed by atoms with Crippen LogP contribution in [0.1, 0.15) is 31.9 Å². The fraction of sp³-hybridized carbons (Fsp3) is 0.462. The Balaban J connectivity index is 2.47. The van der Waals surface area contributed by atoms with Crippen LogP contribution in [0, 0.1) is 0 Å². The summed E-state index contributed by atoms with van der Waals surface area (Å²) >= 11 is 1.66. The molecule has 3 nitrogen and oxygen atoms in total. The first kappa shape index (κ1) is 14.1. The number of primary amides is 1. The molecule has 0 aliphatic rings. The quantitative estimate of drug-likeness (QED) is 0.732. The molecule has 4 heteroatoms. The molecule has 1 unspecified atom stereocenters. The van der Waals surface area contributed by atoms with E-state index in [-0.39, 0.29) is 5.91 Å². The molecule has 17 heavy (non-hydrogen) atoms. The zero-order valence-electron chi connectivity index (χ0n) is 10.4. The van der Waals surface area contributed by atoms with Crippen molar-refractivity contribution in [2.24, 2.45) is 5.73 Å². The van der Waals surface area contributed by atoms with E-state index in [2.05, 4.69) is 43.4 Å². The first-order chi connectivity index (χ1) is 8.13. The van der Waals surface area contributed by atoms with Crippen LogP contribution < -0.4 is 11.1 Å². The SMILES string of the molecule is CCNC(C)c1ccc(SCCC(N)=O)cc1. The maximum absolute atomic E-state index is 10.6. The summed E-state index contributed by atoms with van der Waals surface area (Å²) < 4.78 is 0. The lowest BCUT2D eigenvalue weighted by atomic mass is 10.1. The van der Waals surface area contributed by atoms with Crippen molar-refractivity contribution in [3.05, 3.63) is 29.8 Å². The molecule has 1 aromatic carbocycles. The third-order valence-corrected chi connectivity index (χ3v) is 3.52. The summed E-state index contributed by atoms with van der Waals surface area (Å²) in [6, 6.07) is 8.81. The molecule has 1 amide bonds. The van der Waals surface area contributed by atoms with E-state index in [0.29, 0.717) is 12.5 Å². The van der Waals surface area contributed by atoms with E-state index in [0.717, 1.165) is 12.3 Å². The van der Waals surface area contributed by atoms with Gasteiger partial charge in [-0.3, -0.25) is 4.79 Å². The molecule has 0 saturated carbocycles. The average Bonchev–Trinajstić information content (AvgIpc) is 2.30. The molecule has 0 heterocycles. The molecule has 0 aromatic heterocycles. The van der Waals surface area contributed by atoms with Crippen molar-refractivity contribution in [1.29, 1.82) is 0 Å². The Labute approximate surface area is 107 Å². The van der Waals surface area contributed by atoms with Gasteiger partial charge < -0.3 is 11.1 Å². The zero-order valence-corrected chi connectivity index (χ0v) is 11.2. The first-order valence-electron chi connectivity index (χ1n) is 5.88. The smallest absolute Gasteiger partial charge is 0.218 e. The van der Waals surface area contributed by atoms with Crippen LogP contribution in [-0.4, -0.2) is 18.2 Å². The van der Waals surface area contributed by atoms with Gasteiger partial charge in [-0.25, -0.2) is 0 Å². The van der Waals surface area contributed by atoms with Gasteiger partial charge in [-0.15, -0.1) is 11.8 Å². The minimum absolute atomic E-state index is 0.241. The minimum atomic E-state index is -0.241. The molecule has 0 spiro atoms. The maximum Gasteiger partial charge on any atom is 0.218 e. The van der Waals surface area contributed by atoms with E-state index >= 15 is 0 Å². The van der Waals surface area contributed by atoms with Gasteiger partial charge in [0.2, 0.25) is 5.91 Å². The van der Waals surface area contributed by atoms with Gasteiger partial charge in [-0.05, 0) is 31.2 Å². The number of hydrogen-bond donors (Lipinski definition) is 2. The highest BCUT2D eigenvalue weighted by molar-refractivity contribution is 7.99. The molecule has 0 saturated heterocycles. The first-order valence-corrected chi connectivity index (χ1v) is 6.86. The predicted octanol–water partition coefficient (Wildman–Crippen LogP) is 2.32. The van der Waals surface area contributed by atoms with Crippen molar-refractivity contribution in [3.63, 3.8) is 0 Å². The van der Waals surface area contributed by atoms with Crippen LogP contribution >= 0.6 is 11.8 Å². The second-order valence-corrected chi connectivity index (χ2v) is 5.08. The van der Waals surface area contributed by atoms with Gasteiger partial charge >= 0.3 is 0 Å². The van der Waals surface area contributed by atoms with Crippen molar-refractivity contribution >= 4 is 17.7 Å². The minimum Gasteiger partial charge on any atom is -0.370 e. The second-order valence-electron chi connectivity index (χ2n) is 3.91. The highest BCUT2D eigenvalue weighted by Crippen LogP contribution is 2.21. The van der Waals surface area contributed by atoms with Crippen LogP contribution in [0.2, 0.25) is 0 Å². The third-order valence-electron chi connectivity index (χ3n) is 2.51. The Bertz CT molecular complexity index is 351. The molecule has 1 aromatic rings. The molecule has 94 valence electrons. The highest BCUT2D eigenvalue weighted by Gasteiger charge is 2.03. The van der Waals surface area contributed by atoms with Crippen LogP contribution in [0.15, 0.2) is 29.2 Å². The predicted molar refractivity (Wildman–Crippen MR) is 73.1 cm³/mol. The lowest BCUT2D eigenvalue weighted by Crippen LogP contribution is -2.17. The molecule has 3 N–H and O–H groups in total. The number of carbonyl (C=O) groups is 1. The lowest BCUT2D eigenvalue weighted by Gasteiger charge is -2.12. The van der Waals surface area contributed by atoms with Crippen LogP contribution in [0.5, 0.6) is 0 Å². The average molecular weight is 252 g/mol. The van der Waals surface area contributed by atoms with Gasteiger partial charge in [0, 0.05) is 23.1 Å². The Morgan fingerprint density at radius 3 is 2.59 bits per heavy atom. The summed E-state index contributed by atoms with van der Waals surface area (Å²) in [5.74, 6) is 0.507. The number of nitrogens with two attached hydrogens (primary N) is 1. The molecular weight excluding hydrogens is 232 g/mol. The van der Waals surface area contributed by atoms with Crippen LogP contribution in [-0.2, 0) is 4.79 Å². The molecule has 1 atom stereocenters. The summed E-state index contributed by atoms with van der Waals surface area (Å²) in [5.41, 5.74) is 6.38. The van der Waals surface area contributed by atoms with E-state index in [1.54, 1.807) is 11.8 Å². The molecule has 0 aliphatic carbocycles. The zero-order chi connectivity index (χ0) is 12.7. The summed E-state index contributed by atoms with van der Waals surface area (Å²) in [7, 11) is 0. The molecule has 0 bridgehead atoms. The molecule has 0 fully saturated rings. The number of amides is 1. The third kappa shape index (κ3) is 5.24. The van der Waals surface area contributed by atoms with Gasteiger partial charge in [0.15, 0.2) is 0 Å². The topological polar surface area (TPSA) is 55.1 Å². The van der Waals surface area contributed by atoms with Gasteiger partial charge in [0.05, 0.1) is 0 Å². The largest absolute Gasteiger partial charge is 0.370 e. The van der Waals surface area contributed by atoms with E-state index in [1.165, 1.54) is 10.5 Å². The van der Waals surface area contributed by atoms with Crippen molar-refractivity contribution in [2.75, 3.05) is 12.3 Å². The van der Waals surface area contributed by atoms with Crippen molar-refractivity contribution in [3.8, 4) is 0 Å². The Hall–Kier alpha value is -1.00. The normalized spacial score (nSPS) is 12.4. The molecular formula is C13H20N2OS. The summed E-state index contributed by atoms with van der Waals surface area (Å²) in [6.07, 6.45) is 0.431. The fourth-order valence-corrected chi connectivity index (χ4v) is 2.41. The highest BCUT2D eigenvalue weighted by atomic mass is 32.2. The Morgan fingerprint density at radius 2 is 2.06 bits per heavy atom. The van der Waals surface area contributed by atoms with E-state index in [9.17, 15) is 4.79 Å². The van der Waals surface area contributed by atoms with Crippen LogP contribution in [0.4, 0.5) is 0 Å². The monoisotopic (exact) mass is 252 g/mol. The molecule has 1 rings (SSSR count). The summed E-state index contributed by atoms with van der Waals surface area (Å²) in [6.45, 7) is 5.22. The number of rotatable bonds is 7. The fourth-order valence-electron chi connectivity index (χ4n) is 1.55. The number of nitrogens with one attached hydrogen (secondary N) is 1. The van der Waals surface area contributed by atoms with Gasteiger partial charge in [-0.1, -0.05) is 19.1 Å². The van der Waals surface area contributed by atoms with Gasteiger partial charge in [0.1, 0.15) is 0 Å². The molecule has 0 aliphatic heterocycles. The Kier molecular flexibility index (Phi) is 6.08. The lowest BCUT2D eigenvalue weighted by molar-refractivity contribution is -0.117. The van der Waals surface area contributed by atoms with Gasteiger partial charge in [-0.2, -0.15) is 0 Å². The van der Waals surface area contributed by atoms with Crippen LogP contribution in [0.3, 0.4) is 0 Å². The summed E-state index contributed by atoms with van der Waals surface area (Å²) in [5, 5.41) is 3.37. The maximum atomic E-state index is 10.6. The standard InChI is InChI=1S/C13H20N2OS/c1-3-15-10(2)11-4-6-12(7-5-11)17-9-8-13(14)16/h4-7,10,15H,3,8-9H2,1-2H3,(H2,14,16). The van der Waals surface area contributed by atoms with E-state index < -0.39 is 0 Å². The van der Waals surface area contributed by atoms with Crippen LogP contribution in [0.25, 0.3) is 0 Å². The number of benzene rings is 1. The Morgan fingerprint density at radius 1 is 1.41 bits per heavy atom. The van der Waals surface area contributed by atoms with E-state index in [1.807, 2.05) is 0 Å². The van der Waals surface area contributed by atoms with E-state index in [4.69, 9.17) is 5.73 Å². The summed E-state index contributed by atoms with van der Waals surface area (Å²) in [4.78, 5) is 11.8. The number of hydrogen-bond acceptors (Lipinski definition) is 3. The van der Waals surface area contributed by atoms with Crippen molar-refractivity contribution in [2.45, 2.75) is 31.2 Å².